The molecule has 2 unspecified atom stereocenters. The van der Waals surface area contributed by atoms with Gasteiger partial charge >= 0.3 is 5.97 Å². The SMILES string of the molecule is CCC(N)=O.O=C1CN=C2C(CCCC2c2ccccc2Cl)O1. The van der Waals surface area contributed by atoms with Crippen LogP contribution in [0.3, 0.4) is 0 Å². The van der Waals surface area contributed by atoms with Crippen LogP contribution in [0.1, 0.15) is 44.1 Å². The first kappa shape index (κ1) is 17.5. The number of hydrogen-bond donors (Lipinski definition) is 1. The second-order valence-corrected chi connectivity index (χ2v) is 5.95. The first-order valence-electron chi connectivity index (χ1n) is 7.79. The number of nitrogens with two attached hydrogens (primary N) is 1. The summed E-state index contributed by atoms with van der Waals surface area (Å²) in [4.78, 5) is 25.3. The van der Waals surface area contributed by atoms with Crippen molar-refractivity contribution in [2.24, 2.45) is 10.7 Å². The van der Waals surface area contributed by atoms with Gasteiger partial charge in [0.1, 0.15) is 12.6 Å². The van der Waals surface area contributed by atoms with E-state index in [4.69, 9.17) is 16.3 Å². The van der Waals surface area contributed by atoms with Gasteiger partial charge in [-0.3, -0.25) is 14.6 Å². The molecule has 0 saturated heterocycles. The van der Waals surface area contributed by atoms with Gasteiger partial charge in [0.2, 0.25) is 5.91 Å². The van der Waals surface area contributed by atoms with E-state index >= 15 is 0 Å². The summed E-state index contributed by atoms with van der Waals surface area (Å²) in [5.41, 5.74) is 6.74. The number of carbonyl (C=O) groups is 2. The number of carbonyl (C=O) groups excluding carboxylic acids is 2. The van der Waals surface area contributed by atoms with Gasteiger partial charge < -0.3 is 10.5 Å². The number of ether oxygens (including phenoxy) is 1. The van der Waals surface area contributed by atoms with Gasteiger partial charge in [-0.05, 0) is 30.9 Å². The molecule has 23 heavy (non-hydrogen) atoms. The number of halogens is 1. The van der Waals surface area contributed by atoms with Crippen LogP contribution < -0.4 is 5.73 Å². The van der Waals surface area contributed by atoms with Crippen molar-refractivity contribution in [2.75, 3.05) is 6.54 Å². The Hall–Kier alpha value is -1.88. The molecular formula is C17H21ClN2O3. The van der Waals surface area contributed by atoms with Crippen molar-refractivity contribution >= 4 is 29.2 Å². The standard InChI is InChI=1S/C14H14ClNO2.C3H7NO/c15-11-6-2-1-4-9(11)10-5-3-7-12-14(10)16-8-13(17)18-12;1-2-3(4)5/h1-2,4,6,10,12H,3,5,7-8H2;2H2,1H3,(H2,4,5). The average Bonchev–Trinajstić information content (AvgIpc) is 2.55. The van der Waals surface area contributed by atoms with Crippen molar-refractivity contribution in [3.05, 3.63) is 34.9 Å². The number of aliphatic imine (C=N–C) groups is 1. The molecule has 1 saturated carbocycles. The van der Waals surface area contributed by atoms with Gasteiger partial charge in [-0.1, -0.05) is 36.7 Å². The van der Waals surface area contributed by atoms with E-state index in [1.54, 1.807) is 6.92 Å². The minimum absolute atomic E-state index is 0.138. The molecule has 1 heterocycles. The van der Waals surface area contributed by atoms with E-state index in [9.17, 15) is 9.59 Å². The van der Waals surface area contributed by atoms with Gasteiger partial charge in [0.05, 0.1) is 5.71 Å². The van der Waals surface area contributed by atoms with Crippen LogP contribution in [0.4, 0.5) is 0 Å². The quantitative estimate of drug-likeness (QED) is 0.843. The Labute approximate surface area is 140 Å². The molecular weight excluding hydrogens is 316 g/mol. The Kier molecular flexibility index (Phi) is 6.16. The molecule has 6 heteroatoms. The van der Waals surface area contributed by atoms with E-state index in [0.29, 0.717) is 6.42 Å². The van der Waals surface area contributed by atoms with Crippen molar-refractivity contribution in [3.8, 4) is 0 Å². The summed E-state index contributed by atoms with van der Waals surface area (Å²) in [5, 5.41) is 0.766. The number of fused-ring (bicyclic) bond motifs is 1. The molecule has 0 aromatic heterocycles. The Balaban J connectivity index is 0.000000338. The smallest absolute Gasteiger partial charge is 0.328 e. The van der Waals surface area contributed by atoms with E-state index in [0.717, 1.165) is 35.6 Å². The Morgan fingerprint density at radius 2 is 2.09 bits per heavy atom. The molecule has 5 nitrogen and oxygen atoms in total. The van der Waals surface area contributed by atoms with Crippen molar-refractivity contribution in [3.63, 3.8) is 0 Å². The monoisotopic (exact) mass is 336 g/mol. The maximum Gasteiger partial charge on any atom is 0.328 e. The minimum Gasteiger partial charge on any atom is -0.455 e. The van der Waals surface area contributed by atoms with Crippen LogP contribution in [0.5, 0.6) is 0 Å². The lowest BCUT2D eigenvalue weighted by Gasteiger charge is -2.33. The number of nitrogens with zero attached hydrogens (tertiary/aromatic N) is 1. The van der Waals surface area contributed by atoms with Crippen LogP contribution in [0.15, 0.2) is 29.3 Å². The molecule has 2 atom stereocenters. The van der Waals surface area contributed by atoms with Crippen LogP contribution in [-0.2, 0) is 14.3 Å². The van der Waals surface area contributed by atoms with Gasteiger partial charge in [0, 0.05) is 17.4 Å². The van der Waals surface area contributed by atoms with Crippen LogP contribution in [0, 0.1) is 0 Å². The second-order valence-electron chi connectivity index (χ2n) is 5.54. The maximum atomic E-state index is 11.3. The lowest BCUT2D eigenvalue weighted by Crippen LogP contribution is -2.39. The highest BCUT2D eigenvalue weighted by atomic mass is 35.5. The maximum absolute atomic E-state index is 11.3. The fourth-order valence-electron chi connectivity index (χ4n) is 2.78. The predicted octanol–water partition coefficient (Wildman–Crippen LogP) is 2.86. The van der Waals surface area contributed by atoms with Crippen LogP contribution in [0.25, 0.3) is 0 Å². The van der Waals surface area contributed by atoms with E-state index in [2.05, 4.69) is 10.7 Å². The van der Waals surface area contributed by atoms with Gasteiger partial charge in [-0.2, -0.15) is 0 Å². The molecule has 1 fully saturated rings. The average molecular weight is 337 g/mol. The summed E-state index contributed by atoms with van der Waals surface area (Å²) in [7, 11) is 0. The van der Waals surface area contributed by atoms with Crippen molar-refractivity contribution in [1.82, 2.24) is 0 Å². The zero-order valence-corrected chi connectivity index (χ0v) is 13.9. The summed E-state index contributed by atoms with van der Waals surface area (Å²) in [6, 6.07) is 7.85. The van der Waals surface area contributed by atoms with E-state index in [-0.39, 0.29) is 30.4 Å². The van der Waals surface area contributed by atoms with Gasteiger partial charge in [0.15, 0.2) is 0 Å². The van der Waals surface area contributed by atoms with E-state index in [1.807, 2.05) is 24.3 Å². The number of benzene rings is 1. The first-order valence-corrected chi connectivity index (χ1v) is 8.17. The zero-order chi connectivity index (χ0) is 16.8. The van der Waals surface area contributed by atoms with Crippen molar-refractivity contribution < 1.29 is 14.3 Å². The molecule has 1 aliphatic carbocycles. The molecule has 1 amide bonds. The summed E-state index contributed by atoms with van der Waals surface area (Å²) in [5.74, 6) is -0.265. The summed E-state index contributed by atoms with van der Waals surface area (Å²) in [6.45, 7) is 1.87. The van der Waals surface area contributed by atoms with Crippen LogP contribution in [0.2, 0.25) is 5.02 Å². The summed E-state index contributed by atoms with van der Waals surface area (Å²) in [6.07, 6.45) is 3.25. The predicted molar refractivity (Wildman–Crippen MR) is 89.7 cm³/mol. The highest BCUT2D eigenvalue weighted by Crippen LogP contribution is 2.36. The third-order valence-electron chi connectivity index (χ3n) is 3.94. The largest absolute Gasteiger partial charge is 0.455 e. The normalized spacial score (nSPS) is 22.9. The van der Waals surface area contributed by atoms with Crippen LogP contribution in [-0.4, -0.2) is 30.2 Å². The fourth-order valence-corrected chi connectivity index (χ4v) is 3.05. The van der Waals surface area contributed by atoms with Gasteiger partial charge in [0.25, 0.3) is 0 Å². The Bertz CT molecular complexity index is 616. The minimum atomic E-state index is -0.245. The molecule has 2 aliphatic rings. The molecule has 1 aromatic carbocycles. The second kappa shape index (κ2) is 8.11. The molecule has 0 bridgehead atoms. The van der Waals surface area contributed by atoms with Gasteiger partial charge in [-0.15, -0.1) is 0 Å². The number of hydrogen-bond acceptors (Lipinski definition) is 4. The Morgan fingerprint density at radius 3 is 2.74 bits per heavy atom. The van der Waals surface area contributed by atoms with Gasteiger partial charge in [-0.25, -0.2) is 0 Å². The molecule has 1 aromatic rings. The van der Waals surface area contributed by atoms with Crippen LogP contribution >= 0.6 is 11.6 Å². The summed E-state index contributed by atoms with van der Waals surface area (Å²) < 4.78 is 5.37. The first-order chi connectivity index (χ1) is 11.0. The molecule has 0 radical (unpaired) electrons. The van der Waals surface area contributed by atoms with Crippen molar-refractivity contribution in [1.29, 1.82) is 0 Å². The lowest BCUT2D eigenvalue weighted by atomic mass is 9.80. The molecule has 1 aliphatic heterocycles. The fraction of sp³-hybridized carbons (Fsp3) is 0.471. The molecule has 2 N–H and O–H groups in total. The molecule has 124 valence electrons. The number of rotatable bonds is 2. The molecule has 3 rings (SSSR count). The number of esters is 1. The number of primary amides is 1. The Morgan fingerprint density at radius 1 is 1.39 bits per heavy atom. The number of amides is 1. The zero-order valence-electron chi connectivity index (χ0n) is 13.1. The van der Waals surface area contributed by atoms with E-state index < -0.39 is 0 Å². The highest BCUT2D eigenvalue weighted by Gasteiger charge is 2.35. The molecule has 0 spiro atoms. The topological polar surface area (TPSA) is 81.8 Å². The third-order valence-corrected chi connectivity index (χ3v) is 4.28. The van der Waals surface area contributed by atoms with E-state index in [1.165, 1.54) is 0 Å². The lowest BCUT2D eigenvalue weighted by molar-refractivity contribution is -0.145. The summed E-state index contributed by atoms with van der Waals surface area (Å²) >= 11 is 6.25. The van der Waals surface area contributed by atoms with Crippen molar-refractivity contribution in [2.45, 2.75) is 44.6 Å². The highest BCUT2D eigenvalue weighted by molar-refractivity contribution is 6.31. The third kappa shape index (κ3) is 4.55.